The molecule has 0 amide bonds. The summed E-state index contributed by atoms with van der Waals surface area (Å²) in [5, 5.41) is 0. The highest BCUT2D eigenvalue weighted by molar-refractivity contribution is 5.75. The van der Waals surface area contributed by atoms with E-state index in [0.717, 1.165) is 32.6 Å². The highest BCUT2D eigenvalue weighted by Gasteiger charge is 2.28. The molecule has 1 saturated heterocycles. The lowest BCUT2D eigenvalue weighted by Gasteiger charge is -2.27. The van der Waals surface area contributed by atoms with Crippen LogP contribution in [0.25, 0.3) is 0 Å². The molecule has 1 rings (SSSR count). The standard InChI is InChI=1S/C14H26N2O4/c1-5-20-14(18)12(3)16-8-6-7-15(9-10-16)11(2)13(17)19-4/h11-12H,5-10H2,1-4H3. The Morgan fingerprint density at radius 1 is 1.00 bits per heavy atom. The predicted octanol–water partition coefficient (Wildman–Crippen LogP) is 0.507. The third-order valence-corrected chi connectivity index (χ3v) is 3.83. The van der Waals surface area contributed by atoms with E-state index in [0.29, 0.717) is 6.61 Å². The molecule has 1 aliphatic rings. The summed E-state index contributed by atoms with van der Waals surface area (Å²) in [6, 6.07) is -0.471. The lowest BCUT2D eigenvalue weighted by atomic mass is 10.2. The number of esters is 2. The zero-order chi connectivity index (χ0) is 15.1. The first kappa shape index (κ1) is 16.9. The summed E-state index contributed by atoms with van der Waals surface area (Å²) >= 11 is 0. The van der Waals surface area contributed by atoms with E-state index in [1.165, 1.54) is 7.11 Å². The van der Waals surface area contributed by atoms with Gasteiger partial charge in [-0.25, -0.2) is 0 Å². The topological polar surface area (TPSA) is 59.1 Å². The molecule has 1 heterocycles. The van der Waals surface area contributed by atoms with Gasteiger partial charge < -0.3 is 9.47 Å². The molecule has 0 N–H and O–H groups in total. The van der Waals surface area contributed by atoms with E-state index in [1.54, 1.807) is 0 Å². The van der Waals surface area contributed by atoms with Crippen LogP contribution in [0.4, 0.5) is 0 Å². The Bertz CT molecular complexity index is 335. The molecule has 0 radical (unpaired) electrons. The lowest BCUT2D eigenvalue weighted by Crippen LogP contribution is -2.44. The summed E-state index contributed by atoms with van der Waals surface area (Å²) in [6.45, 7) is 9.12. The average Bonchev–Trinajstić information content (AvgIpc) is 2.70. The van der Waals surface area contributed by atoms with Crippen molar-refractivity contribution in [1.82, 2.24) is 9.80 Å². The second-order valence-electron chi connectivity index (χ2n) is 5.05. The number of rotatable bonds is 5. The van der Waals surface area contributed by atoms with E-state index in [4.69, 9.17) is 9.47 Å². The molecule has 0 aromatic carbocycles. The minimum Gasteiger partial charge on any atom is -0.468 e. The van der Waals surface area contributed by atoms with Crippen LogP contribution in [0, 0.1) is 0 Å². The van der Waals surface area contributed by atoms with Gasteiger partial charge in [-0.05, 0) is 27.2 Å². The van der Waals surface area contributed by atoms with E-state index in [-0.39, 0.29) is 24.0 Å². The maximum atomic E-state index is 11.8. The molecule has 0 aromatic heterocycles. The normalized spacial score (nSPS) is 20.8. The van der Waals surface area contributed by atoms with Gasteiger partial charge in [0, 0.05) is 26.2 Å². The molecule has 20 heavy (non-hydrogen) atoms. The first-order valence-corrected chi connectivity index (χ1v) is 7.23. The summed E-state index contributed by atoms with van der Waals surface area (Å²) in [5.74, 6) is -0.390. The van der Waals surface area contributed by atoms with Crippen molar-refractivity contribution in [3.63, 3.8) is 0 Å². The monoisotopic (exact) mass is 286 g/mol. The molecular weight excluding hydrogens is 260 g/mol. The van der Waals surface area contributed by atoms with Gasteiger partial charge >= 0.3 is 11.9 Å². The fraction of sp³-hybridized carbons (Fsp3) is 0.857. The molecular formula is C14H26N2O4. The number of methoxy groups -OCH3 is 1. The molecule has 0 aliphatic carbocycles. The Labute approximate surface area is 121 Å². The number of nitrogens with zero attached hydrogens (tertiary/aromatic N) is 2. The van der Waals surface area contributed by atoms with Gasteiger partial charge in [0.2, 0.25) is 0 Å². The van der Waals surface area contributed by atoms with Crippen LogP contribution < -0.4 is 0 Å². The van der Waals surface area contributed by atoms with Crippen molar-refractivity contribution in [2.24, 2.45) is 0 Å². The predicted molar refractivity (Wildman–Crippen MR) is 75.3 cm³/mol. The molecule has 1 aliphatic heterocycles. The highest BCUT2D eigenvalue weighted by atomic mass is 16.5. The summed E-state index contributed by atoms with van der Waals surface area (Å²) in [5.41, 5.74) is 0. The number of ether oxygens (including phenoxy) is 2. The molecule has 116 valence electrons. The maximum absolute atomic E-state index is 11.8. The van der Waals surface area contributed by atoms with Crippen molar-refractivity contribution in [3.8, 4) is 0 Å². The van der Waals surface area contributed by atoms with Gasteiger partial charge in [0.25, 0.3) is 0 Å². The van der Waals surface area contributed by atoms with Crippen LogP contribution in [0.1, 0.15) is 27.2 Å². The Kier molecular flexibility index (Phi) is 6.95. The molecule has 1 fully saturated rings. The Balaban J connectivity index is 2.54. The van der Waals surface area contributed by atoms with Crippen LogP contribution in [-0.2, 0) is 19.1 Å². The summed E-state index contributed by atoms with van der Waals surface area (Å²) in [6.07, 6.45) is 0.922. The molecule has 6 nitrogen and oxygen atoms in total. The molecule has 2 atom stereocenters. The van der Waals surface area contributed by atoms with Gasteiger partial charge in [0.1, 0.15) is 12.1 Å². The second-order valence-corrected chi connectivity index (χ2v) is 5.05. The second kappa shape index (κ2) is 8.21. The van der Waals surface area contributed by atoms with Gasteiger partial charge in [-0.3, -0.25) is 19.4 Å². The molecule has 0 saturated carbocycles. The van der Waals surface area contributed by atoms with E-state index in [9.17, 15) is 9.59 Å². The highest BCUT2D eigenvalue weighted by Crippen LogP contribution is 2.11. The van der Waals surface area contributed by atoms with Crippen LogP contribution in [0.3, 0.4) is 0 Å². The smallest absolute Gasteiger partial charge is 0.323 e. The summed E-state index contributed by atoms with van der Waals surface area (Å²) in [7, 11) is 1.41. The Morgan fingerprint density at radius 2 is 1.50 bits per heavy atom. The SMILES string of the molecule is CCOC(=O)C(C)N1CCCN(C(C)C(=O)OC)CC1. The number of hydrogen-bond acceptors (Lipinski definition) is 6. The molecule has 0 spiro atoms. The zero-order valence-corrected chi connectivity index (χ0v) is 12.9. The van der Waals surface area contributed by atoms with Crippen LogP contribution in [0.2, 0.25) is 0 Å². The van der Waals surface area contributed by atoms with E-state index in [2.05, 4.69) is 9.80 Å². The number of hydrogen-bond donors (Lipinski definition) is 0. The number of carbonyl (C=O) groups excluding carboxylic acids is 2. The summed E-state index contributed by atoms with van der Waals surface area (Å²) < 4.78 is 9.84. The van der Waals surface area contributed by atoms with Crippen molar-refractivity contribution in [2.75, 3.05) is 39.9 Å². The molecule has 0 aromatic rings. The van der Waals surface area contributed by atoms with Crippen molar-refractivity contribution in [3.05, 3.63) is 0 Å². The first-order chi connectivity index (χ1) is 9.51. The Morgan fingerprint density at radius 3 is 1.95 bits per heavy atom. The van der Waals surface area contributed by atoms with E-state index in [1.807, 2.05) is 20.8 Å². The van der Waals surface area contributed by atoms with Crippen molar-refractivity contribution >= 4 is 11.9 Å². The van der Waals surface area contributed by atoms with Crippen LogP contribution in [-0.4, -0.2) is 73.7 Å². The molecule has 6 heteroatoms. The zero-order valence-electron chi connectivity index (χ0n) is 12.9. The molecule has 2 unspecified atom stereocenters. The third kappa shape index (κ3) is 4.45. The van der Waals surface area contributed by atoms with E-state index >= 15 is 0 Å². The maximum Gasteiger partial charge on any atom is 0.323 e. The number of carbonyl (C=O) groups is 2. The lowest BCUT2D eigenvalue weighted by molar-refractivity contribution is -0.149. The minimum absolute atomic E-state index is 0.179. The fourth-order valence-electron chi connectivity index (χ4n) is 2.46. The van der Waals surface area contributed by atoms with Crippen molar-refractivity contribution in [1.29, 1.82) is 0 Å². The van der Waals surface area contributed by atoms with Gasteiger partial charge in [-0.2, -0.15) is 0 Å². The van der Waals surface area contributed by atoms with Crippen LogP contribution >= 0.6 is 0 Å². The molecule has 0 bridgehead atoms. The quantitative estimate of drug-likeness (QED) is 0.686. The Hall–Kier alpha value is -1.14. The van der Waals surface area contributed by atoms with E-state index < -0.39 is 0 Å². The van der Waals surface area contributed by atoms with Crippen molar-refractivity contribution in [2.45, 2.75) is 39.3 Å². The minimum atomic E-state index is -0.238. The first-order valence-electron chi connectivity index (χ1n) is 7.23. The summed E-state index contributed by atoms with van der Waals surface area (Å²) in [4.78, 5) is 27.6. The van der Waals surface area contributed by atoms with Crippen LogP contribution in [0.5, 0.6) is 0 Å². The fourth-order valence-corrected chi connectivity index (χ4v) is 2.46. The third-order valence-electron chi connectivity index (χ3n) is 3.83. The van der Waals surface area contributed by atoms with Gasteiger partial charge in [0.15, 0.2) is 0 Å². The largest absolute Gasteiger partial charge is 0.468 e. The van der Waals surface area contributed by atoms with Crippen LogP contribution in [0.15, 0.2) is 0 Å². The van der Waals surface area contributed by atoms with Gasteiger partial charge in [-0.1, -0.05) is 0 Å². The van der Waals surface area contributed by atoms with Crippen molar-refractivity contribution < 1.29 is 19.1 Å². The van der Waals surface area contributed by atoms with Gasteiger partial charge in [-0.15, -0.1) is 0 Å². The van der Waals surface area contributed by atoms with Gasteiger partial charge in [0.05, 0.1) is 13.7 Å². The average molecular weight is 286 g/mol.